The standard InChI is InChI=1S/C28H29NO8/c1-3-12-37-27(34)29-11-6-13-36-15-21-17-9-10-28(35,16(2)30)14-20(17)26(33)23-22(21)24(31)18-7-4-5-8-19(18)25(23)32/h3-5,7-8,33,35H,1,6,9-15H2,2H3,(H,29,34)/t28-/m1/s1. The number of ether oxygens (including phenoxy) is 2. The van der Waals surface area contributed by atoms with Gasteiger partial charge in [0, 0.05) is 41.8 Å². The smallest absolute Gasteiger partial charge is 0.407 e. The van der Waals surface area contributed by atoms with Gasteiger partial charge in [0.2, 0.25) is 0 Å². The summed E-state index contributed by atoms with van der Waals surface area (Å²) in [6, 6.07) is 6.42. The molecule has 1 amide bonds. The lowest BCUT2D eigenvalue weighted by Gasteiger charge is -2.35. The van der Waals surface area contributed by atoms with Crippen LogP contribution in [0.25, 0.3) is 0 Å². The summed E-state index contributed by atoms with van der Waals surface area (Å²) in [5.41, 5.74) is 0.109. The number of carbonyl (C=O) groups excluding carboxylic acids is 4. The zero-order chi connectivity index (χ0) is 26.7. The number of ketones is 3. The molecular weight excluding hydrogens is 478 g/mol. The molecule has 2 aliphatic rings. The molecule has 9 heteroatoms. The number of aromatic hydroxyl groups is 1. The molecule has 37 heavy (non-hydrogen) atoms. The number of phenolic OH excluding ortho intramolecular Hbond substituents is 1. The van der Waals surface area contributed by atoms with Gasteiger partial charge in [0.05, 0.1) is 12.2 Å². The maximum absolute atomic E-state index is 13.6. The first-order chi connectivity index (χ1) is 17.7. The van der Waals surface area contributed by atoms with E-state index in [1.807, 2.05) is 0 Å². The Labute approximate surface area is 214 Å². The van der Waals surface area contributed by atoms with Crippen LogP contribution >= 0.6 is 0 Å². The number of hydrogen-bond acceptors (Lipinski definition) is 8. The molecule has 1 atom stereocenters. The van der Waals surface area contributed by atoms with Crippen molar-refractivity contribution in [2.75, 3.05) is 19.8 Å². The molecule has 0 heterocycles. The number of phenols is 1. The Balaban J connectivity index is 1.64. The van der Waals surface area contributed by atoms with Crippen LogP contribution in [0.3, 0.4) is 0 Å². The van der Waals surface area contributed by atoms with Crippen LogP contribution in [0, 0.1) is 0 Å². The van der Waals surface area contributed by atoms with Crippen molar-refractivity contribution in [1.29, 1.82) is 0 Å². The largest absolute Gasteiger partial charge is 0.507 e. The second kappa shape index (κ2) is 10.7. The summed E-state index contributed by atoms with van der Waals surface area (Å²) in [5, 5.41) is 24.6. The van der Waals surface area contributed by atoms with Gasteiger partial charge in [0.25, 0.3) is 0 Å². The minimum atomic E-state index is -1.66. The van der Waals surface area contributed by atoms with Gasteiger partial charge in [0.15, 0.2) is 17.3 Å². The number of nitrogens with one attached hydrogen (secondary N) is 1. The summed E-state index contributed by atoms with van der Waals surface area (Å²) in [6.07, 6.45) is 1.54. The first-order valence-electron chi connectivity index (χ1n) is 12.1. The highest BCUT2D eigenvalue weighted by Gasteiger charge is 2.43. The van der Waals surface area contributed by atoms with Crippen LogP contribution in [-0.2, 0) is 33.7 Å². The van der Waals surface area contributed by atoms with Crippen LogP contribution in [0.2, 0.25) is 0 Å². The highest BCUT2D eigenvalue weighted by molar-refractivity contribution is 6.30. The van der Waals surface area contributed by atoms with Gasteiger partial charge in [-0.3, -0.25) is 14.4 Å². The van der Waals surface area contributed by atoms with Crippen molar-refractivity contribution in [1.82, 2.24) is 5.32 Å². The Bertz CT molecular complexity index is 1300. The van der Waals surface area contributed by atoms with E-state index >= 15 is 0 Å². The molecule has 2 aliphatic carbocycles. The third-order valence-corrected chi connectivity index (χ3v) is 6.90. The van der Waals surface area contributed by atoms with Crippen LogP contribution in [-0.4, -0.2) is 59.0 Å². The van der Waals surface area contributed by atoms with Crippen LogP contribution < -0.4 is 5.32 Å². The molecule has 0 spiro atoms. The summed E-state index contributed by atoms with van der Waals surface area (Å²) in [4.78, 5) is 50.6. The minimum absolute atomic E-state index is 0.0223. The number of amides is 1. The van der Waals surface area contributed by atoms with Crippen molar-refractivity contribution in [3.05, 3.63) is 75.9 Å². The number of hydrogen-bond donors (Lipinski definition) is 3. The fourth-order valence-electron chi connectivity index (χ4n) is 4.91. The summed E-state index contributed by atoms with van der Waals surface area (Å²) in [5.74, 6) is -1.69. The maximum atomic E-state index is 13.6. The van der Waals surface area contributed by atoms with E-state index < -0.39 is 23.3 Å². The van der Waals surface area contributed by atoms with E-state index in [-0.39, 0.29) is 78.4 Å². The van der Waals surface area contributed by atoms with Crippen molar-refractivity contribution in [2.45, 2.75) is 44.8 Å². The molecule has 0 aliphatic heterocycles. The van der Waals surface area contributed by atoms with E-state index in [4.69, 9.17) is 9.47 Å². The number of fused-ring (bicyclic) bond motifs is 3. The molecule has 0 saturated carbocycles. The van der Waals surface area contributed by atoms with Crippen molar-refractivity contribution >= 4 is 23.4 Å². The second-order valence-electron chi connectivity index (χ2n) is 9.22. The van der Waals surface area contributed by atoms with Gasteiger partial charge in [-0.15, -0.1) is 0 Å². The quantitative estimate of drug-likeness (QED) is 0.297. The van der Waals surface area contributed by atoms with Crippen molar-refractivity contribution in [2.24, 2.45) is 0 Å². The molecule has 9 nitrogen and oxygen atoms in total. The minimum Gasteiger partial charge on any atom is -0.507 e. The zero-order valence-electron chi connectivity index (χ0n) is 20.6. The van der Waals surface area contributed by atoms with Crippen LogP contribution in [0.15, 0.2) is 36.9 Å². The number of alkyl carbamates (subject to hydrolysis) is 1. The lowest BCUT2D eigenvalue weighted by Crippen LogP contribution is -2.43. The predicted octanol–water partition coefficient (Wildman–Crippen LogP) is 2.80. The van der Waals surface area contributed by atoms with Gasteiger partial charge in [-0.05, 0) is 37.3 Å². The van der Waals surface area contributed by atoms with Gasteiger partial charge in [-0.1, -0.05) is 36.9 Å². The van der Waals surface area contributed by atoms with Crippen molar-refractivity contribution < 1.29 is 38.9 Å². The third-order valence-electron chi connectivity index (χ3n) is 6.90. The topological polar surface area (TPSA) is 139 Å². The highest BCUT2D eigenvalue weighted by Crippen LogP contribution is 2.44. The average molecular weight is 508 g/mol. The summed E-state index contributed by atoms with van der Waals surface area (Å²) in [7, 11) is 0. The molecule has 2 aromatic rings. The molecule has 0 saturated heterocycles. The summed E-state index contributed by atoms with van der Waals surface area (Å²) >= 11 is 0. The van der Waals surface area contributed by atoms with E-state index in [0.29, 0.717) is 24.1 Å². The number of Topliss-reactive ketones (excluding diaryl/α,β-unsaturated/α-hetero) is 1. The predicted molar refractivity (Wildman–Crippen MR) is 133 cm³/mol. The fraction of sp³-hybridized carbons (Fsp3) is 0.357. The van der Waals surface area contributed by atoms with Gasteiger partial charge >= 0.3 is 6.09 Å². The van der Waals surface area contributed by atoms with E-state index in [0.717, 1.165) is 0 Å². The molecule has 194 valence electrons. The van der Waals surface area contributed by atoms with E-state index in [9.17, 15) is 29.4 Å². The normalized spacial score (nSPS) is 17.9. The molecule has 0 unspecified atom stereocenters. The number of rotatable bonds is 9. The van der Waals surface area contributed by atoms with Gasteiger partial charge in [-0.2, -0.15) is 0 Å². The molecule has 4 rings (SSSR count). The first-order valence-corrected chi connectivity index (χ1v) is 12.1. The SMILES string of the molecule is C=CCOC(=O)NCCCOCc1c2c(c(O)c3c1C(=O)c1ccccc1C3=O)C[C@@](O)(C(C)=O)CC2. The Kier molecular flexibility index (Phi) is 7.56. The Morgan fingerprint density at radius 3 is 2.46 bits per heavy atom. The van der Waals surface area contributed by atoms with E-state index in [1.165, 1.54) is 19.1 Å². The Morgan fingerprint density at radius 2 is 1.81 bits per heavy atom. The Morgan fingerprint density at radius 1 is 1.14 bits per heavy atom. The molecule has 0 radical (unpaired) electrons. The number of aliphatic hydroxyl groups is 1. The van der Waals surface area contributed by atoms with Crippen LogP contribution in [0.5, 0.6) is 5.75 Å². The monoisotopic (exact) mass is 507 g/mol. The average Bonchev–Trinajstić information content (AvgIpc) is 2.89. The second-order valence-corrected chi connectivity index (χ2v) is 9.22. The zero-order valence-corrected chi connectivity index (χ0v) is 20.6. The van der Waals surface area contributed by atoms with E-state index in [1.54, 1.807) is 18.2 Å². The van der Waals surface area contributed by atoms with Crippen LogP contribution in [0.4, 0.5) is 4.79 Å². The molecule has 0 aromatic heterocycles. The lowest BCUT2D eigenvalue weighted by atomic mass is 9.71. The van der Waals surface area contributed by atoms with Gasteiger partial charge in [0.1, 0.15) is 18.0 Å². The van der Waals surface area contributed by atoms with Crippen molar-refractivity contribution in [3.63, 3.8) is 0 Å². The third kappa shape index (κ3) is 4.92. The maximum Gasteiger partial charge on any atom is 0.407 e. The summed E-state index contributed by atoms with van der Waals surface area (Å²) < 4.78 is 10.7. The highest BCUT2D eigenvalue weighted by atomic mass is 16.5. The van der Waals surface area contributed by atoms with Gasteiger partial charge < -0.3 is 25.0 Å². The van der Waals surface area contributed by atoms with Gasteiger partial charge in [-0.25, -0.2) is 4.79 Å². The van der Waals surface area contributed by atoms with Crippen molar-refractivity contribution in [3.8, 4) is 5.75 Å². The summed E-state index contributed by atoms with van der Waals surface area (Å²) in [6.45, 7) is 5.38. The van der Waals surface area contributed by atoms with E-state index in [2.05, 4.69) is 11.9 Å². The molecular formula is C28H29NO8. The fourth-order valence-corrected chi connectivity index (χ4v) is 4.91. The molecule has 2 aromatic carbocycles. The number of benzene rings is 2. The molecule has 0 bridgehead atoms. The lowest BCUT2D eigenvalue weighted by molar-refractivity contribution is -0.136. The Hall–Kier alpha value is -3.82. The molecule has 0 fully saturated rings. The number of carbonyl (C=O) groups is 4. The molecule has 3 N–H and O–H groups in total. The van der Waals surface area contributed by atoms with Crippen LogP contribution in [0.1, 0.15) is 68.3 Å². The first kappa shape index (κ1) is 26.2.